The number of aromatic amines is 1. The summed E-state index contributed by atoms with van der Waals surface area (Å²) >= 11 is 5.47. The fraction of sp³-hybridized carbons (Fsp3) is 0.600. The van der Waals surface area contributed by atoms with Gasteiger partial charge in [0.2, 0.25) is 0 Å². The lowest BCUT2D eigenvalue weighted by Crippen LogP contribution is -2.22. The highest BCUT2D eigenvalue weighted by Crippen LogP contribution is 2.31. The van der Waals surface area contributed by atoms with Gasteiger partial charge in [-0.15, -0.1) is 0 Å². The Morgan fingerprint density at radius 1 is 1.42 bits per heavy atom. The Hall–Kier alpha value is -1.16. The number of nitrogens with zero attached hydrogens (tertiary/aromatic N) is 2. The standard InChI is InChI=1S/C15H21N3S/c1-10-7-13-14(16-8-10)18(15(19)17-13)9-12-6-4-3-5-11(12)2/h7-8,11-12H,3-6,9H2,1-2H3,(H,17,19). The van der Waals surface area contributed by atoms with Crippen molar-refractivity contribution in [3.05, 3.63) is 22.6 Å². The molecular formula is C15H21N3S. The van der Waals surface area contributed by atoms with Crippen molar-refractivity contribution in [2.24, 2.45) is 11.8 Å². The molecule has 0 saturated heterocycles. The molecule has 2 aromatic rings. The summed E-state index contributed by atoms with van der Waals surface area (Å²) < 4.78 is 3.00. The van der Waals surface area contributed by atoms with Crippen LogP contribution in [0.25, 0.3) is 11.2 Å². The van der Waals surface area contributed by atoms with Crippen LogP contribution >= 0.6 is 12.2 Å². The van der Waals surface area contributed by atoms with E-state index in [0.29, 0.717) is 0 Å². The molecule has 1 saturated carbocycles. The van der Waals surface area contributed by atoms with Gasteiger partial charge in [-0.2, -0.15) is 0 Å². The van der Waals surface area contributed by atoms with E-state index in [4.69, 9.17) is 12.2 Å². The van der Waals surface area contributed by atoms with Crippen LogP contribution in [0.1, 0.15) is 38.2 Å². The minimum Gasteiger partial charge on any atom is -0.329 e. The number of H-pyrrole nitrogens is 1. The zero-order valence-electron chi connectivity index (χ0n) is 11.6. The summed E-state index contributed by atoms with van der Waals surface area (Å²) in [4.78, 5) is 7.84. The summed E-state index contributed by atoms with van der Waals surface area (Å²) in [6, 6.07) is 2.12. The molecule has 2 heterocycles. The lowest BCUT2D eigenvalue weighted by Gasteiger charge is -2.28. The monoisotopic (exact) mass is 275 g/mol. The number of hydrogen-bond donors (Lipinski definition) is 1. The predicted molar refractivity (Wildman–Crippen MR) is 80.8 cm³/mol. The van der Waals surface area contributed by atoms with Crippen LogP contribution in [0.4, 0.5) is 0 Å². The molecule has 3 nitrogen and oxygen atoms in total. The second-order valence-corrected chi connectivity index (χ2v) is 6.33. The minimum absolute atomic E-state index is 0.738. The van der Waals surface area contributed by atoms with Gasteiger partial charge < -0.3 is 9.55 Å². The minimum atomic E-state index is 0.738. The summed E-state index contributed by atoms with van der Waals surface area (Å²) in [6.07, 6.45) is 7.34. The van der Waals surface area contributed by atoms with Gasteiger partial charge >= 0.3 is 0 Å². The molecule has 2 atom stereocenters. The van der Waals surface area contributed by atoms with E-state index < -0.39 is 0 Å². The first-order chi connectivity index (χ1) is 9.15. The van der Waals surface area contributed by atoms with Gasteiger partial charge in [-0.3, -0.25) is 0 Å². The van der Waals surface area contributed by atoms with E-state index in [0.717, 1.165) is 34.3 Å². The van der Waals surface area contributed by atoms with E-state index >= 15 is 0 Å². The van der Waals surface area contributed by atoms with E-state index in [-0.39, 0.29) is 0 Å². The predicted octanol–water partition coefficient (Wildman–Crippen LogP) is 4.23. The van der Waals surface area contributed by atoms with Gasteiger partial charge in [-0.05, 0) is 49.0 Å². The van der Waals surface area contributed by atoms with E-state index in [9.17, 15) is 0 Å². The van der Waals surface area contributed by atoms with Crippen LogP contribution in [0.5, 0.6) is 0 Å². The second kappa shape index (κ2) is 5.08. The highest BCUT2D eigenvalue weighted by molar-refractivity contribution is 7.71. The third-order valence-corrected chi connectivity index (χ3v) is 4.77. The molecule has 1 aliphatic carbocycles. The van der Waals surface area contributed by atoms with Gasteiger partial charge in [0.25, 0.3) is 0 Å². The summed E-state index contributed by atoms with van der Waals surface area (Å²) in [5, 5.41) is 0. The van der Waals surface area contributed by atoms with Gasteiger partial charge in [-0.1, -0.05) is 26.2 Å². The van der Waals surface area contributed by atoms with Crippen molar-refractivity contribution in [3.8, 4) is 0 Å². The SMILES string of the molecule is Cc1cnc2c(c1)[nH]c(=S)n2CC1CCCCC1C. The number of imidazole rings is 1. The Labute approximate surface area is 119 Å². The Morgan fingerprint density at radius 2 is 2.21 bits per heavy atom. The average molecular weight is 275 g/mol. The van der Waals surface area contributed by atoms with Crippen LogP contribution in [-0.2, 0) is 6.54 Å². The highest BCUT2D eigenvalue weighted by Gasteiger charge is 2.22. The van der Waals surface area contributed by atoms with Crippen LogP contribution in [0.3, 0.4) is 0 Å². The lowest BCUT2D eigenvalue weighted by molar-refractivity contribution is 0.229. The van der Waals surface area contributed by atoms with Gasteiger partial charge in [0.15, 0.2) is 10.4 Å². The van der Waals surface area contributed by atoms with Crippen LogP contribution in [0.15, 0.2) is 12.3 Å². The van der Waals surface area contributed by atoms with Crippen molar-refractivity contribution in [1.29, 1.82) is 0 Å². The topological polar surface area (TPSA) is 33.6 Å². The molecule has 4 heteroatoms. The zero-order chi connectivity index (χ0) is 13.4. The largest absolute Gasteiger partial charge is 0.329 e. The van der Waals surface area contributed by atoms with Crippen molar-refractivity contribution >= 4 is 23.4 Å². The maximum absolute atomic E-state index is 5.47. The molecule has 0 bridgehead atoms. The summed E-state index contributed by atoms with van der Waals surface area (Å²) in [5.41, 5.74) is 3.24. The number of aryl methyl sites for hydroxylation is 1. The van der Waals surface area contributed by atoms with Gasteiger partial charge in [0, 0.05) is 12.7 Å². The van der Waals surface area contributed by atoms with Crippen LogP contribution in [0.2, 0.25) is 0 Å². The number of hydrogen-bond acceptors (Lipinski definition) is 2. The molecule has 3 rings (SSSR count). The Morgan fingerprint density at radius 3 is 3.00 bits per heavy atom. The molecule has 1 N–H and O–H groups in total. The molecule has 0 radical (unpaired) electrons. The third kappa shape index (κ3) is 2.46. The fourth-order valence-electron chi connectivity index (χ4n) is 3.22. The molecule has 1 fully saturated rings. The number of pyridine rings is 1. The van der Waals surface area contributed by atoms with Crippen molar-refractivity contribution in [3.63, 3.8) is 0 Å². The first kappa shape index (κ1) is 12.9. The van der Waals surface area contributed by atoms with Gasteiger partial charge in [-0.25, -0.2) is 4.98 Å². The third-order valence-electron chi connectivity index (χ3n) is 4.45. The molecule has 102 valence electrons. The zero-order valence-corrected chi connectivity index (χ0v) is 12.5. The summed E-state index contributed by atoms with van der Waals surface area (Å²) in [5.74, 6) is 1.54. The summed E-state index contributed by atoms with van der Waals surface area (Å²) in [7, 11) is 0. The van der Waals surface area contributed by atoms with Gasteiger partial charge in [0.05, 0.1) is 5.52 Å². The molecule has 0 spiro atoms. The highest BCUT2D eigenvalue weighted by atomic mass is 32.1. The van der Waals surface area contributed by atoms with Crippen molar-refractivity contribution in [2.75, 3.05) is 0 Å². The van der Waals surface area contributed by atoms with Gasteiger partial charge in [0.1, 0.15) is 0 Å². The maximum atomic E-state index is 5.47. The molecule has 1 aliphatic rings. The van der Waals surface area contributed by atoms with E-state index in [1.165, 1.54) is 31.2 Å². The Balaban J connectivity index is 1.96. The molecule has 2 aromatic heterocycles. The molecule has 0 amide bonds. The number of aromatic nitrogens is 3. The number of nitrogens with one attached hydrogen (secondary N) is 1. The van der Waals surface area contributed by atoms with Crippen molar-refractivity contribution in [2.45, 2.75) is 46.1 Å². The first-order valence-electron chi connectivity index (χ1n) is 7.20. The van der Waals surface area contributed by atoms with Crippen molar-refractivity contribution < 1.29 is 0 Å². The molecule has 19 heavy (non-hydrogen) atoms. The fourth-order valence-corrected chi connectivity index (χ4v) is 3.49. The normalized spacial score (nSPS) is 23.9. The van der Waals surface area contributed by atoms with E-state index in [1.807, 2.05) is 6.20 Å². The summed E-state index contributed by atoms with van der Waals surface area (Å²) in [6.45, 7) is 5.44. The molecule has 0 aromatic carbocycles. The van der Waals surface area contributed by atoms with Crippen LogP contribution in [0, 0.1) is 23.5 Å². The quantitative estimate of drug-likeness (QED) is 0.832. The number of fused-ring (bicyclic) bond motifs is 1. The van der Waals surface area contributed by atoms with Crippen molar-refractivity contribution in [1.82, 2.24) is 14.5 Å². The molecule has 0 aliphatic heterocycles. The molecular weight excluding hydrogens is 254 g/mol. The Kier molecular flexibility index (Phi) is 3.44. The van der Waals surface area contributed by atoms with E-state index in [1.54, 1.807) is 0 Å². The lowest BCUT2D eigenvalue weighted by atomic mass is 9.80. The van der Waals surface area contributed by atoms with Crippen LogP contribution < -0.4 is 0 Å². The second-order valence-electron chi connectivity index (χ2n) is 5.95. The smallest absolute Gasteiger partial charge is 0.179 e. The average Bonchev–Trinajstić information content (AvgIpc) is 2.68. The van der Waals surface area contributed by atoms with E-state index in [2.05, 4.69) is 34.4 Å². The number of rotatable bonds is 2. The maximum Gasteiger partial charge on any atom is 0.179 e. The first-order valence-corrected chi connectivity index (χ1v) is 7.61. The van der Waals surface area contributed by atoms with Crippen LogP contribution in [-0.4, -0.2) is 14.5 Å². The Bertz CT molecular complexity index is 640. The molecule has 2 unspecified atom stereocenters.